The Hall–Kier alpha value is -0.670. The Morgan fingerprint density at radius 3 is 2.70 bits per heavy atom. The molecule has 0 fully saturated rings. The molecular weight excluding hydrogens is 322 g/mol. The maximum Gasteiger partial charge on any atom is 0.250 e. The van der Waals surface area contributed by atoms with Crippen LogP contribution in [-0.4, -0.2) is 33.5 Å². The Bertz CT molecular complexity index is 545. The lowest BCUT2D eigenvalue weighted by molar-refractivity contribution is -0.122. The molecule has 1 amide bonds. The summed E-state index contributed by atoms with van der Waals surface area (Å²) in [5.74, 6) is -0.273. The number of thiophene rings is 1. The molecule has 1 rings (SSSR count). The molecule has 1 heterocycles. The Balaban J connectivity index is 2.36. The number of carbonyl (C=O) groups excluding carboxylic acids is 1. The summed E-state index contributed by atoms with van der Waals surface area (Å²) in [6, 6.07) is 2.41. The van der Waals surface area contributed by atoms with Gasteiger partial charge in [-0.2, -0.15) is 0 Å². The zero-order valence-corrected chi connectivity index (χ0v) is 13.4. The summed E-state index contributed by atoms with van der Waals surface area (Å²) in [6.45, 7) is 2.23. The number of rotatable bonds is 8. The first kappa shape index (κ1) is 17.4. The Kier molecular flexibility index (Phi) is 6.90. The number of hydrogen-bond acceptors (Lipinski definition) is 5. The monoisotopic (exact) mass is 339 g/mol. The minimum Gasteiger partial charge on any atom is -0.353 e. The number of sulfonamides is 1. The molecule has 1 aromatic heterocycles. The van der Waals surface area contributed by atoms with E-state index in [0.29, 0.717) is 10.8 Å². The van der Waals surface area contributed by atoms with Gasteiger partial charge < -0.3 is 11.1 Å². The van der Waals surface area contributed by atoms with Crippen LogP contribution in [-0.2, 0) is 14.8 Å². The molecule has 0 saturated heterocycles. The quantitative estimate of drug-likeness (QED) is 0.613. The topological polar surface area (TPSA) is 101 Å². The van der Waals surface area contributed by atoms with Gasteiger partial charge in [-0.1, -0.05) is 24.9 Å². The molecule has 0 spiro atoms. The molecule has 4 N–H and O–H groups in total. The molecule has 0 aliphatic heterocycles. The molecule has 0 saturated carbocycles. The molecule has 0 bridgehead atoms. The minimum absolute atomic E-state index is 0.0996. The van der Waals surface area contributed by atoms with Crippen molar-refractivity contribution in [2.75, 3.05) is 13.1 Å². The average Bonchev–Trinajstić information content (AvgIpc) is 2.82. The van der Waals surface area contributed by atoms with Crippen molar-refractivity contribution in [3.8, 4) is 0 Å². The maximum atomic E-state index is 11.8. The number of nitrogens with two attached hydrogens (primary N) is 1. The van der Waals surface area contributed by atoms with Gasteiger partial charge in [0.15, 0.2) is 0 Å². The lowest BCUT2D eigenvalue weighted by Crippen LogP contribution is -2.43. The van der Waals surface area contributed by atoms with E-state index in [1.54, 1.807) is 0 Å². The van der Waals surface area contributed by atoms with Gasteiger partial charge in [-0.3, -0.25) is 4.79 Å². The third kappa shape index (κ3) is 5.37. The summed E-state index contributed by atoms with van der Waals surface area (Å²) in [7, 11) is -3.57. The molecule has 20 heavy (non-hydrogen) atoms. The van der Waals surface area contributed by atoms with Crippen molar-refractivity contribution < 1.29 is 13.2 Å². The first-order chi connectivity index (χ1) is 9.36. The van der Waals surface area contributed by atoms with Gasteiger partial charge in [-0.15, -0.1) is 11.3 Å². The van der Waals surface area contributed by atoms with E-state index in [-0.39, 0.29) is 23.2 Å². The van der Waals surface area contributed by atoms with Crippen molar-refractivity contribution >= 4 is 38.9 Å². The van der Waals surface area contributed by atoms with Crippen molar-refractivity contribution in [1.82, 2.24) is 10.0 Å². The number of halogens is 1. The van der Waals surface area contributed by atoms with Crippen LogP contribution in [0.15, 0.2) is 16.3 Å². The first-order valence-electron chi connectivity index (χ1n) is 6.15. The average molecular weight is 340 g/mol. The zero-order chi connectivity index (χ0) is 15.2. The van der Waals surface area contributed by atoms with Gasteiger partial charge in [0.2, 0.25) is 15.9 Å². The fourth-order valence-corrected chi connectivity index (χ4v) is 4.02. The summed E-state index contributed by atoms with van der Waals surface area (Å²) in [5, 5.41) is 2.58. The standard InChI is InChI=1S/C11H18ClN3O3S2/c1-2-3-8(13)11(16)14-6-7-15-20(17,18)10-5-4-9(12)19-10/h4-5,8,15H,2-3,6-7,13H2,1H3,(H,14,16). The number of nitrogens with one attached hydrogen (secondary N) is 2. The second-order valence-electron chi connectivity index (χ2n) is 4.14. The van der Waals surface area contributed by atoms with E-state index in [9.17, 15) is 13.2 Å². The fourth-order valence-electron chi connectivity index (χ4n) is 1.46. The fraction of sp³-hybridized carbons (Fsp3) is 0.545. The van der Waals surface area contributed by atoms with Crippen LogP contribution in [0.1, 0.15) is 19.8 Å². The normalized spacial score (nSPS) is 13.2. The van der Waals surface area contributed by atoms with Gasteiger partial charge in [0.05, 0.1) is 10.4 Å². The van der Waals surface area contributed by atoms with Gasteiger partial charge in [-0.05, 0) is 18.6 Å². The van der Waals surface area contributed by atoms with Gasteiger partial charge in [0.25, 0.3) is 0 Å². The smallest absolute Gasteiger partial charge is 0.250 e. The molecule has 0 aromatic carbocycles. The van der Waals surface area contributed by atoms with Crippen LogP contribution in [0.5, 0.6) is 0 Å². The molecule has 0 aliphatic carbocycles. The van der Waals surface area contributed by atoms with Crippen LogP contribution in [0.4, 0.5) is 0 Å². The lowest BCUT2D eigenvalue weighted by atomic mass is 10.2. The van der Waals surface area contributed by atoms with Gasteiger partial charge >= 0.3 is 0 Å². The zero-order valence-electron chi connectivity index (χ0n) is 11.1. The van der Waals surface area contributed by atoms with E-state index in [0.717, 1.165) is 17.8 Å². The van der Waals surface area contributed by atoms with E-state index in [1.165, 1.54) is 12.1 Å². The molecule has 1 unspecified atom stereocenters. The van der Waals surface area contributed by atoms with E-state index < -0.39 is 16.1 Å². The van der Waals surface area contributed by atoms with Crippen LogP contribution < -0.4 is 15.8 Å². The second-order valence-corrected chi connectivity index (χ2v) is 7.85. The molecule has 0 aliphatic rings. The van der Waals surface area contributed by atoms with Crippen molar-refractivity contribution in [2.24, 2.45) is 5.73 Å². The molecule has 1 atom stereocenters. The summed E-state index contributed by atoms with van der Waals surface area (Å²) in [5.41, 5.74) is 5.63. The molecule has 9 heteroatoms. The van der Waals surface area contributed by atoms with Gasteiger partial charge in [0.1, 0.15) is 4.21 Å². The van der Waals surface area contributed by atoms with Crippen molar-refractivity contribution in [3.05, 3.63) is 16.5 Å². The summed E-state index contributed by atoms with van der Waals surface area (Å²) < 4.78 is 26.6. The van der Waals surface area contributed by atoms with Crippen molar-refractivity contribution in [1.29, 1.82) is 0 Å². The number of hydrogen-bond donors (Lipinski definition) is 3. The van der Waals surface area contributed by atoms with Crippen LogP contribution in [0.2, 0.25) is 4.34 Å². The Morgan fingerprint density at radius 2 is 2.15 bits per heavy atom. The minimum atomic E-state index is -3.57. The largest absolute Gasteiger partial charge is 0.353 e. The van der Waals surface area contributed by atoms with Crippen molar-refractivity contribution in [2.45, 2.75) is 30.0 Å². The van der Waals surface area contributed by atoms with Crippen LogP contribution in [0, 0.1) is 0 Å². The molecule has 6 nitrogen and oxygen atoms in total. The lowest BCUT2D eigenvalue weighted by Gasteiger charge is -2.11. The second kappa shape index (κ2) is 7.94. The number of amides is 1. The van der Waals surface area contributed by atoms with Crippen LogP contribution in [0.3, 0.4) is 0 Å². The molecular formula is C11H18ClN3O3S2. The van der Waals surface area contributed by atoms with Gasteiger partial charge in [0, 0.05) is 13.1 Å². The third-order valence-electron chi connectivity index (χ3n) is 2.47. The third-order valence-corrected chi connectivity index (χ3v) is 5.65. The Morgan fingerprint density at radius 1 is 1.45 bits per heavy atom. The summed E-state index contributed by atoms with van der Waals surface area (Å²) in [4.78, 5) is 11.5. The predicted molar refractivity (Wildman–Crippen MR) is 80.4 cm³/mol. The highest BCUT2D eigenvalue weighted by atomic mass is 35.5. The van der Waals surface area contributed by atoms with E-state index >= 15 is 0 Å². The van der Waals surface area contributed by atoms with Crippen molar-refractivity contribution in [3.63, 3.8) is 0 Å². The van der Waals surface area contributed by atoms with Crippen LogP contribution >= 0.6 is 22.9 Å². The highest BCUT2D eigenvalue weighted by molar-refractivity contribution is 7.91. The predicted octanol–water partition coefficient (Wildman–Crippen LogP) is 0.923. The highest BCUT2D eigenvalue weighted by Crippen LogP contribution is 2.24. The molecule has 1 aromatic rings. The van der Waals surface area contributed by atoms with E-state index in [1.807, 2.05) is 6.92 Å². The number of carbonyl (C=O) groups is 1. The molecule has 114 valence electrons. The summed E-state index contributed by atoms with van der Waals surface area (Å²) in [6.07, 6.45) is 1.42. The first-order valence-corrected chi connectivity index (χ1v) is 8.83. The summed E-state index contributed by atoms with van der Waals surface area (Å²) >= 11 is 6.67. The van der Waals surface area contributed by atoms with Gasteiger partial charge in [-0.25, -0.2) is 13.1 Å². The SMILES string of the molecule is CCCC(N)C(=O)NCCNS(=O)(=O)c1ccc(Cl)s1. The van der Waals surface area contributed by atoms with Crippen LogP contribution in [0.25, 0.3) is 0 Å². The van der Waals surface area contributed by atoms with E-state index in [4.69, 9.17) is 17.3 Å². The molecule has 0 radical (unpaired) electrons. The highest BCUT2D eigenvalue weighted by Gasteiger charge is 2.16. The van der Waals surface area contributed by atoms with E-state index in [2.05, 4.69) is 10.0 Å². The maximum absolute atomic E-state index is 11.8. The Labute approximate surface area is 127 Å².